The van der Waals surface area contributed by atoms with Crippen LogP contribution in [0.15, 0.2) is 42.5 Å². The number of ether oxygens (including phenoxy) is 1. The first-order valence-electron chi connectivity index (χ1n) is 6.68. The number of aryl methyl sites for hydroxylation is 2. The first-order chi connectivity index (χ1) is 9.29. The lowest BCUT2D eigenvalue weighted by Gasteiger charge is -2.15. The van der Waals surface area contributed by atoms with Gasteiger partial charge in [-0.05, 0) is 42.0 Å². The second-order valence-corrected chi connectivity index (χ2v) is 5.42. The number of rotatable bonds is 3. The number of para-hydroxylation sites is 1. The summed E-state index contributed by atoms with van der Waals surface area (Å²) >= 11 is 6.64. The summed E-state index contributed by atoms with van der Waals surface area (Å²) in [6.07, 6.45) is 3.65. The van der Waals surface area contributed by atoms with Crippen molar-refractivity contribution in [2.75, 3.05) is 7.11 Å². The van der Waals surface area contributed by atoms with Crippen molar-refractivity contribution in [2.45, 2.75) is 24.6 Å². The molecule has 1 aliphatic rings. The summed E-state index contributed by atoms with van der Waals surface area (Å²) in [6, 6.07) is 14.6. The third-order valence-electron chi connectivity index (χ3n) is 3.83. The van der Waals surface area contributed by atoms with Crippen molar-refractivity contribution in [1.82, 2.24) is 0 Å². The summed E-state index contributed by atoms with van der Waals surface area (Å²) in [5, 5.41) is -0.151. The molecule has 0 bridgehead atoms. The highest BCUT2D eigenvalue weighted by Gasteiger charge is 2.18. The van der Waals surface area contributed by atoms with Crippen LogP contribution >= 0.6 is 11.6 Å². The molecule has 3 rings (SSSR count). The molecule has 0 N–H and O–H groups in total. The lowest BCUT2D eigenvalue weighted by molar-refractivity contribution is 0.410. The fourth-order valence-corrected chi connectivity index (χ4v) is 3.12. The zero-order valence-electron chi connectivity index (χ0n) is 11.0. The van der Waals surface area contributed by atoms with Gasteiger partial charge in [-0.2, -0.15) is 0 Å². The molecular formula is C17H17ClO. The number of halogens is 1. The summed E-state index contributed by atoms with van der Waals surface area (Å²) in [6.45, 7) is 0. The molecule has 0 spiro atoms. The fourth-order valence-electron chi connectivity index (χ4n) is 2.80. The van der Waals surface area contributed by atoms with Crippen molar-refractivity contribution in [1.29, 1.82) is 0 Å². The van der Waals surface area contributed by atoms with E-state index in [9.17, 15) is 0 Å². The standard InChI is InChI=1S/C17H17ClO/c1-19-16-8-3-2-7-15(16)17(18)14-10-9-12-5-4-6-13(12)11-14/h2-3,7-11,17H,4-6H2,1H3. The van der Waals surface area contributed by atoms with Crippen LogP contribution < -0.4 is 4.74 Å². The molecule has 2 heteroatoms. The Morgan fingerprint density at radius 3 is 2.68 bits per heavy atom. The number of benzene rings is 2. The van der Waals surface area contributed by atoms with Crippen LogP contribution in [0.2, 0.25) is 0 Å². The average molecular weight is 273 g/mol. The van der Waals surface area contributed by atoms with E-state index in [0.717, 1.165) is 16.9 Å². The highest BCUT2D eigenvalue weighted by molar-refractivity contribution is 6.22. The molecule has 1 atom stereocenters. The maximum absolute atomic E-state index is 6.64. The minimum absolute atomic E-state index is 0.151. The number of methoxy groups -OCH3 is 1. The lowest BCUT2D eigenvalue weighted by Crippen LogP contribution is -1.98. The summed E-state index contributed by atoms with van der Waals surface area (Å²) in [5.41, 5.74) is 5.13. The highest BCUT2D eigenvalue weighted by Crippen LogP contribution is 2.36. The third-order valence-corrected chi connectivity index (χ3v) is 4.31. The second-order valence-electron chi connectivity index (χ2n) is 4.99. The van der Waals surface area contributed by atoms with E-state index in [-0.39, 0.29) is 5.38 Å². The predicted octanol–water partition coefficient (Wildman–Crippen LogP) is 4.51. The third kappa shape index (κ3) is 2.35. The molecule has 98 valence electrons. The smallest absolute Gasteiger partial charge is 0.123 e. The van der Waals surface area contributed by atoms with Gasteiger partial charge in [0.05, 0.1) is 12.5 Å². The van der Waals surface area contributed by atoms with E-state index in [2.05, 4.69) is 18.2 Å². The quantitative estimate of drug-likeness (QED) is 0.747. The first kappa shape index (κ1) is 12.6. The fraction of sp³-hybridized carbons (Fsp3) is 0.294. The van der Waals surface area contributed by atoms with Crippen LogP contribution in [-0.2, 0) is 12.8 Å². The van der Waals surface area contributed by atoms with Crippen LogP contribution in [0.4, 0.5) is 0 Å². The van der Waals surface area contributed by atoms with Crippen molar-refractivity contribution in [3.8, 4) is 5.75 Å². The Hall–Kier alpha value is -1.47. The maximum Gasteiger partial charge on any atom is 0.123 e. The largest absolute Gasteiger partial charge is 0.496 e. The van der Waals surface area contributed by atoms with Gasteiger partial charge in [-0.1, -0.05) is 36.4 Å². The number of hydrogen-bond donors (Lipinski definition) is 0. The van der Waals surface area contributed by atoms with Crippen LogP contribution in [0.25, 0.3) is 0 Å². The molecule has 0 aromatic heterocycles. The van der Waals surface area contributed by atoms with Gasteiger partial charge in [0.1, 0.15) is 5.75 Å². The zero-order valence-corrected chi connectivity index (χ0v) is 11.8. The predicted molar refractivity (Wildman–Crippen MR) is 79.2 cm³/mol. The Labute approximate surface area is 119 Å². The molecule has 0 fully saturated rings. The van der Waals surface area contributed by atoms with E-state index in [1.54, 1.807) is 7.11 Å². The topological polar surface area (TPSA) is 9.23 Å². The Balaban J connectivity index is 1.97. The molecule has 2 aromatic carbocycles. The zero-order chi connectivity index (χ0) is 13.2. The molecule has 0 heterocycles. The van der Waals surface area contributed by atoms with Crippen LogP contribution in [0.3, 0.4) is 0 Å². The van der Waals surface area contributed by atoms with Gasteiger partial charge in [-0.25, -0.2) is 0 Å². The average Bonchev–Trinajstić information content (AvgIpc) is 2.93. The molecule has 0 aliphatic heterocycles. The van der Waals surface area contributed by atoms with Gasteiger partial charge in [-0.3, -0.25) is 0 Å². The Kier molecular flexibility index (Phi) is 3.48. The van der Waals surface area contributed by atoms with E-state index in [0.29, 0.717) is 0 Å². The summed E-state index contributed by atoms with van der Waals surface area (Å²) in [7, 11) is 1.69. The van der Waals surface area contributed by atoms with Gasteiger partial charge in [0, 0.05) is 5.56 Å². The first-order valence-corrected chi connectivity index (χ1v) is 7.12. The SMILES string of the molecule is COc1ccccc1C(Cl)c1ccc2c(c1)CCC2. The Bertz CT molecular complexity index is 592. The summed E-state index contributed by atoms with van der Waals surface area (Å²) in [4.78, 5) is 0. The van der Waals surface area contributed by atoms with Crippen molar-refractivity contribution >= 4 is 11.6 Å². The van der Waals surface area contributed by atoms with E-state index in [1.165, 1.54) is 30.4 Å². The molecule has 0 saturated carbocycles. The maximum atomic E-state index is 6.64. The molecular weight excluding hydrogens is 256 g/mol. The van der Waals surface area contributed by atoms with Gasteiger partial charge in [-0.15, -0.1) is 11.6 Å². The summed E-state index contributed by atoms with van der Waals surface area (Å²) in [5.74, 6) is 0.850. The monoisotopic (exact) mass is 272 g/mol. The highest BCUT2D eigenvalue weighted by atomic mass is 35.5. The van der Waals surface area contributed by atoms with Crippen molar-refractivity contribution in [3.05, 3.63) is 64.7 Å². The Morgan fingerprint density at radius 2 is 1.84 bits per heavy atom. The van der Waals surface area contributed by atoms with Crippen molar-refractivity contribution < 1.29 is 4.74 Å². The summed E-state index contributed by atoms with van der Waals surface area (Å²) < 4.78 is 5.40. The van der Waals surface area contributed by atoms with Crippen molar-refractivity contribution in [2.24, 2.45) is 0 Å². The molecule has 0 amide bonds. The van der Waals surface area contributed by atoms with Gasteiger partial charge in [0.25, 0.3) is 0 Å². The van der Waals surface area contributed by atoms with Crippen LogP contribution in [0, 0.1) is 0 Å². The van der Waals surface area contributed by atoms with Crippen LogP contribution in [0.1, 0.15) is 34.1 Å². The molecule has 19 heavy (non-hydrogen) atoms. The van der Waals surface area contributed by atoms with Gasteiger partial charge >= 0.3 is 0 Å². The number of fused-ring (bicyclic) bond motifs is 1. The number of alkyl halides is 1. The second kappa shape index (κ2) is 5.26. The van der Waals surface area contributed by atoms with E-state index >= 15 is 0 Å². The molecule has 1 nitrogen and oxygen atoms in total. The van der Waals surface area contributed by atoms with Crippen LogP contribution in [0.5, 0.6) is 5.75 Å². The van der Waals surface area contributed by atoms with E-state index in [4.69, 9.17) is 16.3 Å². The molecule has 0 saturated heterocycles. The van der Waals surface area contributed by atoms with Gasteiger partial charge in [0.15, 0.2) is 0 Å². The Morgan fingerprint density at radius 1 is 1.05 bits per heavy atom. The minimum Gasteiger partial charge on any atom is -0.496 e. The van der Waals surface area contributed by atoms with E-state index < -0.39 is 0 Å². The lowest BCUT2D eigenvalue weighted by atomic mass is 9.99. The molecule has 1 aliphatic carbocycles. The van der Waals surface area contributed by atoms with Gasteiger partial charge in [0.2, 0.25) is 0 Å². The van der Waals surface area contributed by atoms with Gasteiger partial charge < -0.3 is 4.74 Å². The number of hydrogen-bond acceptors (Lipinski definition) is 1. The molecule has 2 aromatic rings. The van der Waals surface area contributed by atoms with E-state index in [1.807, 2.05) is 24.3 Å². The van der Waals surface area contributed by atoms with Crippen LogP contribution in [-0.4, -0.2) is 7.11 Å². The van der Waals surface area contributed by atoms with Crippen molar-refractivity contribution in [3.63, 3.8) is 0 Å². The minimum atomic E-state index is -0.151. The molecule has 1 unspecified atom stereocenters. The normalized spacial score (nSPS) is 15.1. The molecule has 0 radical (unpaired) electrons.